The lowest BCUT2D eigenvalue weighted by Gasteiger charge is -2.25. The minimum atomic E-state index is -3.01. The molecule has 6 nitrogen and oxygen atoms in total. The number of aldehydes is 1. The van der Waals surface area contributed by atoms with Gasteiger partial charge in [-0.05, 0) is 0 Å². The smallest absolute Gasteiger partial charge is 0.338 e. The second kappa shape index (κ2) is 4.40. The molecule has 1 aromatic carbocycles. The number of aliphatic carboxylic acids is 1. The van der Waals surface area contributed by atoms with Crippen molar-refractivity contribution in [3.63, 3.8) is 0 Å². The van der Waals surface area contributed by atoms with Crippen LogP contribution < -0.4 is 0 Å². The number of hydrogen-bond acceptors (Lipinski definition) is 5. The fourth-order valence-corrected chi connectivity index (χ4v) is 1.25. The average molecular weight is 226 g/mol. The second-order valence-corrected chi connectivity index (χ2v) is 3.17. The molecule has 0 heterocycles. The van der Waals surface area contributed by atoms with Gasteiger partial charge < -0.3 is 20.4 Å². The molecular weight excluding hydrogens is 216 g/mol. The Kier molecular flexibility index (Phi) is 3.38. The quantitative estimate of drug-likeness (QED) is 0.390. The maximum Gasteiger partial charge on any atom is 0.338 e. The van der Waals surface area contributed by atoms with E-state index in [4.69, 9.17) is 10.2 Å². The van der Waals surface area contributed by atoms with Gasteiger partial charge in [0.15, 0.2) is 6.29 Å². The first kappa shape index (κ1) is 12.3. The fraction of sp³-hybridized carbons (Fsp3) is 0.200. The Balaban J connectivity index is 3.25. The van der Waals surface area contributed by atoms with Crippen LogP contribution in [0.4, 0.5) is 0 Å². The van der Waals surface area contributed by atoms with E-state index in [-0.39, 0.29) is 11.1 Å². The maximum atomic E-state index is 10.6. The largest absolute Gasteiger partial charge is 0.479 e. The fourth-order valence-electron chi connectivity index (χ4n) is 1.25. The minimum absolute atomic E-state index is 0.104. The number of aliphatic hydroxyl groups is 3. The number of hydrogen-bond donors (Lipinski definition) is 4. The molecule has 86 valence electrons. The van der Waals surface area contributed by atoms with Crippen LogP contribution in [0.25, 0.3) is 0 Å². The molecule has 0 aliphatic carbocycles. The van der Waals surface area contributed by atoms with E-state index in [2.05, 4.69) is 0 Å². The van der Waals surface area contributed by atoms with Crippen molar-refractivity contribution in [2.75, 3.05) is 0 Å². The molecule has 4 N–H and O–H groups in total. The molecular formula is C10H10O6. The van der Waals surface area contributed by atoms with E-state index in [0.29, 0.717) is 6.29 Å². The summed E-state index contributed by atoms with van der Waals surface area (Å²) in [7, 11) is 0. The SMILES string of the molecule is O=Cc1ccccc1C(O)(O)C(O)C(=O)O. The van der Waals surface area contributed by atoms with Crippen molar-refractivity contribution in [1.29, 1.82) is 0 Å². The summed E-state index contributed by atoms with van der Waals surface area (Å²) in [5.41, 5.74) is -0.465. The Bertz CT molecular complexity index is 412. The molecule has 0 aromatic heterocycles. The van der Waals surface area contributed by atoms with Gasteiger partial charge >= 0.3 is 5.97 Å². The van der Waals surface area contributed by atoms with Gasteiger partial charge in [-0.25, -0.2) is 4.79 Å². The molecule has 1 atom stereocenters. The molecule has 0 amide bonds. The van der Waals surface area contributed by atoms with Crippen molar-refractivity contribution in [2.24, 2.45) is 0 Å². The Morgan fingerprint density at radius 1 is 1.31 bits per heavy atom. The summed E-state index contributed by atoms with van der Waals surface area (Å²) in [6, 6.07) is 5.28. The van der Waals surface area contributed by atoms with Gasteiger partial charge in [0.1, 0.15) is 0 Å². The lowest BCUT2D eigenvalue weighted by Crippen LogP contribution is -2.45. The number of aliphatic hydroxyl groups excluding tert-OH is 1. The van der Waals surface area contributed by atoms with Gasteiger partial charge in [-0.2, -0.15) is 0 Å². The van der Waals surface area contributed by atoms with E-state index in [0.717, 1.165) is 6.07 Å². The monoisotopic (exact) mass is 226 g/mol. The van der Waals surface area contributed by atoms with E-state index in [1.807, 2.05) is 0 Å². The van der Waals surface area contributed by atoms with Gasteiger partial charge in [-0.3, -0.25) is 4.79 Å². The van der Waals surface area contributed by atoms with Gasteiger partial charge in [0.2, 0.25) is 11.9 Å². The molecule has 1 rings (SSSR count). The van der Waals surface area contributed by atoms with E-state index >= 15 is 0 Å². The third-order valence-electron chi connectivity index (χ3n) is 2.10. The molecule has 16 heavy (non-hydrogen) atoms. The third-order valence-corrected chi connectivity index (χ3v) is 2.10. The van der Waals surface area contributed by atoms with Crippen LogP contribution >= 0.6 is 0 Å². The second-order valence-electron chi connectivity index (χ2n) is 3.17. The van der Waals surface area contributed by atoms with Crippen molar-refractivity contribution in [3.05, 3.63) is 35.4 Å². The number of carbonyl (C=O) groups is 2. The average Bonchev–Trinajstić information content (AvgIpc) is 2.27. The highest BCUT2D eigenvalue weighted by molar-refractivity contribution is 5.79. The molecule has 0 saturated heterocycles. The summed E-state index contributed by atoms with van der Waals surface area (Å²) < 4.78 is 0. The van der Waals surface area contributed by atoms with Crippen LogP contribution in [0, 0.1) is 0 Å². The Morgan fingerprint density at radius 3 is 2.38 bits per heavy atom. The first-order valence-corrected chi connectivity index (χ1v) is 4.31. The Labute approximate surface area is 90.4 Å². The van der Waals surface area contributed by atoms with Crippen molar-refractivity contribution >= 4 is 12.3 Å². The number of carboxylic acids is 1. The van der Waals surface area contributed by atoms with E-state index in [1.54, 1.807) is 0 Å². The number of carbonyl (C=O) groups excluding carboxylic acids is 1. The molecule has 0 saturated carbocycles. The van der Waals surface area contributed by atoms with Gasteiger partial charge in [0.25, 0.3) is 0 Å². The summed E-state index contributed by atoms with van der Waals surface area (Å²) in [5.74, 6) is -4.81. The minimum Gasteiger partial charge on any atom is -0.479 e. The molecule has 0 spiro atoms. The van der Waals surface area contributed by atoms with Gasteiger partial charge in [0, 0.05) is 11.1 Å². The number of carboxylic acid groups (broad SMARTS) is 1. The third kappa shape index (κ3) is 2.08. The highest BCUT2D eigenvalue weighted by atomic mass is 16.5. The first-order valence-electron chi connectivity index (χ1n) is 4.31. The maximum absolute atomic E-state index is 10.6. The molecule has 6 heteroatoms. The predicted octanol–water partition coefficient (Wildman–Crippen LogP) is -0.918. The van der Waals surface area contributed by atoms with Crippen LogP contribution in [0.3, 0.4) is 0 Å². The summed E-state index contributed by atoms with van der Waals surface area (Å²) in [6.07, 6.45) is -2.10. The number of rotatable bonds is 4. The van der Waals surface area contributed by atoms with Crippen molar-refractivity contribution < 1.29 is 30.0 Å². The van der Waals surface area contributed by atoms with E-state index in [9.17, 15) is 19.8 Å². The van der Waals surface area contributed by atoms with Crippen molar-refractivity contribution in [3.8, 4) is 0 Å². The van der Waals surface area contributed by atoms with E-state index < -0.39 is 17.9 Å². The predicted molar refractivity (Wildman–Crippen MR) is 51.6 cm³/mol. The zero-order valence-corrected chi connectivity index (χ0v) is 8.07. The van der Waals surface area contributed by atoms with Crippen LogP contribution in [0.2, 0.25) is 0 Å². The zero-order chi connectivity index (χ0) is 12.3. The lowest BCUT2D eigenvalue weighted by atomic mass is 9.96. The zero-order valence-electron chi connectivity index (χ0n) is 8.07. The highest BCUT2D eigenvalue weighted by Crippen LogP contribution is 2.24. The standard InChI is InChI=1S/C10H10O6/c11-5-6-3-1-2-4-7(6)10(15,16)8(12)9(13)14/h1-5,8,12,15-16H,(H,13,14). The van der Waals surface area contributed by atoms with Crippen LogP contribution in [-0.2, 0) is 10.6 Å². The summed E-state index contributed by atoms with van der Waals surface area (Å²) in [4.78, 5) is 21.1. The molecule has 1 aromatic rings. The topological polar surface area (TPSA) is 115 Å². The summed E-state index contributed by atoms with van der Waals surface area (Å²) in [6.45, 7) is 0. The molecule has 0 aliphatic rings. The van der Waals surface area contributed by atoms with Gasteiger partial charge in [0.05, 0.1) is 0 Å². The van der Waals surface area contributed by atoms with Crippen molar-refractivity contribution in [2.45, 2.75) is 11.9 Å². The Morgan fingerprint density at radius 2 is 1.88 bits per heavy atom. The van der Waals surface area contributed by atoms with Crippen LogP contribution in [0.1, 0.15) is 15.9 Å². The van der Waals surface area contributed by atoms with Gasteiger partial charge in [-0.1, -0.05) is 24.3 Å². The highest BCUT2D eigenvalue weighted by Gasteiger charge is 2.41. The Hall–Kier alpha value is -1.76. The molecule has 0 radical (unpaired) electrons. The first-order chi connectivity index (χ1) is 7.41. The summed E-state index contributed by atoms with van der Waals surface area (Å²) >= 11 is 0. The van der Waals surface area contributed by atoms with Crippen molar-refractivity contribution in [1.82, 2.24) is 0 Å². The molecule has 1 unspecified atom stereocenters. The number of benzene rings is 1. The van der Waals surface area contributed by atoms with Crippen LogP contribution in [0.15, 0.2) is 24.3 Å². The lowest BCUT2D eigenvalue weighted by molar-refractivity contribution is -0.237. The van der Waals surface area contributed by atoms with Gasteiger partial charge in [-0.15, -0.1) is 0 Å². The van der Waals surface area contributed by atoms with Crippen LogP contribution in [0.5, 0.6) is 0 Å². The molecule has 0 bridgehead atoms. The normalized spacial score (nSPS) is 13.2. The summed E-state index contributed by atoms with van der Waals surface area (Å²) in [5, 5.41) is 36.6. The van der Waals surface area contributed by atoms with E-state index in [1.165, 1.54) is 18.2 Å². The van der Waals surface area contributed by atoms with Crippen LogP contribution in [-0.4, -0.2) is 38.8 Å². The molecule has 0 aliphatic heterocycles. The molecule has 0 fully saturated rings.